The lowest BCUT2D eigenvalue weighted by Gasteiger charge is -2.15. The monoisotopic (exact) mass is 293 g/mol. The number of ether oxygens (including phenoxy) is 2. The largest absolute Gasteiger partial charge is 0.454 e. The first kappa shape index (κ1) is 13.2. The zero-order chi connectivity index (χ0) is 14.1. The van der Waals surface area contributed by atoms with Gasteiger partial charge in [0, 0.05) is 16.6 Å². The van der Waals surface area contributed by atoms with Gasteiger partial charge >= 0.3 is 0 Å². The van der Waals surface area contributed by atoms with E-state index >= 15 is 0 Å². The molecule has 1 aliphatic heterocycles. The van der Waals surface area contributed by atoms with Gasteiger partial charge in [-0.25, -0.2) is 4.39 Å². The summed E-state index contributed by atoms with van der Waals surface area (Å²) < 4.78 is 24.4. The highest BCUT2D eigenvalue weighted by molar-refractivity contribution is 6.31. The molecule has 0 aromatic heterocycles. The van der Waals surface area contributed by atoms with Gasteiger partial charge in [0.15, 0.2) is 11.5 Å². The van der Waals surface area contributed by atoms with Crippen molar-refractivity contribution in [2.24, 2.45) is 5.73 Å². The molecule has 0 amide bonds. The third kappa shape index (κ3) is 2.44. The van der Waals surface area contributed by atoms with Gasteiger partial charge in [-0.15, -0.1) is 0 Å². The van der Waals surface area contributed by atoms with Gasteiger partial charge in [-0.3, -0.25) is 0 Å². The second kappa shape index (κ2) is 5.31. The summed E-state index contributed by atoms with van der Waals surface area (Å²) in [6, 6.07) is 9.63. The van der Waals surface area contributed by atoms with E-state index in [-0.39, 0.29) is 12.6 Å². The maximum absolute atomic E-state index is 13.8. The molecule has 0 aliphatic carbocycles. The third-order valence-electron chi connectivity index (χ3n) is 3.26. The smallest absolute Gasteiger partial charge is 0.231 e. The van der Waals surface area contributed by atoms with Gasteiger partial charge in [-0.1, -0.05) is 23.7 Å². The Hall–Kier alpha value is -1.78. The fourth-order valence-corrected chi connectivity index (χ4v) is 2.59. The van der Waals surface area contributed by atoms with Gasteiger partial charge in [-0.05, 0) is 36.2 Å². The van der Waals surface area contributed by atoms with E-state index in [2.05, 4.69) is 0 Å². The van der Waals surface area contributed by atoms with Crippen LogP contribution in [0, 0.1) is 5.82 Å². The molecule has 3 nitrogen and oxygen atoms in total. The first-order valence-corrected chi connectivity index (χ1v) is 6.61. The van der Waals surface area contributed by atoms with E-state index in [1.54, 1.807) is 12.1 Å². The number of fused-ring (bicyclic) bond motifs is 1. The Morgan fingerprint density at radius 3 is 2.80 bits per heavy atom. The van der Waals surface area contributed by atoms with Crippen molar-refractivity contribution in [2.45, 2.75) is 12.5 Å². The summed E-state index contributed by atoms with van der Waals surface area (Å²) in [5.74, 6) is 1.02. The normalized spacial score (nSPS) is 14.3. The van der Waals surface area contributed by atoms with Gasteiger partial charge in [-0.2, -0.15) is 0 Å². The number of rotatable bonds is 3. The van der Waals surface area contributed by atoms with Crippen molar-refractivity contribution in [3.63, 3.8) is 0 Å². The highest BCUT2D eigenvalue weighted by Crippen LogP contribution is 2.34. The molecule has 0 saturated heterocycles. The van der Waals surface area contributed by atoms with Gasteiger partial charge in [0.2, 0.25) is 6.79 Å². The molecule has 0 radical (unpaired) electrons. The molecule has 2 aromatic carbocycles. The fraction of sp³-hybridized carbons (Fsp3) is 0.200. The highest BCUT2D eigenvalue weighted by atomic mass is 35.5. The lowest BCUT2D eigenvalue weighted by molar-refractivity contribution is 0.174. The van der Waals surface area contributed by atoms with E-state index in [1.165, 1.54) is 6.07 Å². The molecule has 0 fully saturated rings. The molecule has 0 spiro atoms. The summed E-state index contributed by atoms with van der Waals surface area (Å²) in [4.78, 5) is 0. The minimum Gasteiger partial charge on any atom is -0.454 e. The summed E-state index contributed by atoms with van der Waals surface area (Å²) in [7, 11) is 0. The summed E-state index contributed by atoms with van der Waals surface area (Å²) >= 11 is 6.02. The fourth-order valence-electron chi connectivity index (χ4n) is 2.29. The van der Waals surface area contributed by atoms with Crippen molar-refractivity contribution in [3.05, 3.63) is 58.4 Å². The number of benzene rings is 2. The first-order chi connectivity index (χ1) is 9.65. The Balaban J connectivity index is 1.84. The van der Waals surface area contributed by atoms with Crippen molar-refractivity contribution in [2.75, 3.05) is 6.79 Å². The summed E-state index contributed by atoms with van der Waals surface area (Å²) in [6.07, 6.45) is 0.470. The molecule has 3 rings (SSSR count). The van der Waals surface area contributed by atoms with Crippen molar-refractivity contribution < 1.29 is 13.9 Å². The van der Waals surface area contributed by atoms with E-state index in [0.29, 0.717) is 28.5 Å². The SMILES string of the molecule is NC(Cc1ccc2c(c1)OCO2)c1c(F)cccc1Cl. The Morgan fingerprint density at radius 2 is 2.00 bits per heavy atom. The third-order valence-corrected chi connectivity index (χ3v) is 3.59. The molecule has 2 N–H and O–H groups in total. The summed E-state index contributed by atoms with van der Waals surface area (Å²) in [5.41, 5.74) is 7.36. The van der Waals surface area contributed by atoms with E-state index < -0.39 is 6.04 Å². The average molecular weight is 294 g/mol. The van der Waals surface area contributed by atoms with Crippen LogP contribution in [-0.2, 0) is 6.42 Å². The lowest BCUT2D eigenvalue weighted by Crippen LogP contribution is -2.15. The average Bonchev–Trinajstić information content (AvgIpc) is 2.85. The Bertz CT molecular complexity index is 628. The number of nitrogens with two attached hydrogens (primary N) is 1. The standard InChI is InChI=1S/C15H13ClFNO2/c16-10-2-1-3-11(17)15(10)12(18)6-9-4-5-13-14(7-9)20-8-19-13/h1-5,7,12H,6,8,18H2. The highest BCUT2D eigenvalue weighted by Gasteiger charge is 2.18. The van der Waals surface area contributed by atoms with Gasteiger partial charge in [0.25, 0.3) is 0 Å². The van der Waals surface area contributed by atoms with Crippen molar-refractivity contribution in [1.82, 2.24) is 0 Å². The van der Waals surface area contributed by atoms with Gasteiger partial charge in [0.05, 0.1) is 0 Å². The molecule has 1 atom stereocenters. The van der Waals surface area contributed by atoms with Crippen molar-refractivity contribution in [1.29, 1.82) is 0 Å². The van der Waals surface area contributed by atoms with Gasteiger partial charge < -0.3 is 15.2 Å². The van der Waals surface area contributed by atoms with Crippen LogP contribution in [0.15, 0.2) is 36.4 Å². The maximum Gasteiger partial charge on any atom is 0.231 e. The quantitative estimate of drug-likeness (QED) is 0.942. The molecular formula is C15H13ClFNO2. The van der Waals surface area contributed by atoms with Crippen molar-refractivity contribution >= 4 is 11.6 Å². The molecule has 5 heteroatoms. The zero-order valence-electron chi connectivity index (χ0n) is 10.6. The van der Waals surface area contributed by atoms with E-state index in [9.17, 15) is 4.39 Å². The Kier molecular flexibility index (Phi) is 3.51. The predicted octanol–water partition coefficient (Wildman–Crippen LogP) is 3.45. The maximum atomic E-state index is 13.8. The Labute approximate surface area is 121 Å². The molecule has 1 aliphatic rings. The molecule has 1 unspecified atom stereocenters. The minimum absolute atomic E-state index is 0.226. The van der Waals surface area contributed by atoms with Crippen LogP contribution in [0.1, 0.15) is 17.2 Å². The molecule has 1 heterocycles. The van der Waals surface area contributed by atoms with Crippen molar-refractivity contribution in [3.8, 4) is 11.5 Å². The lowest BCUT2D eigenvalue weighted by atomic mass is 9.99. The molecule has 0 saturated carbocycles. The van der Waals surface area contributed by atoms with Crippen LogP contribution in [0.5, 0.6) is 11.5 Å². The first-order valence-electron chi connectivity index (χ1n) is 6.23. The summed E-state index contributed by atoms with van der Waals surface area (Å²) in [6.45, 7) is 0.226. The van der Waals surface area contributed by atoms with Gasteiger partial charge in [0.1, 0.15) is 5.82 Å². The molecular weight excluding hydrogens is 281 g/mol. The van der Waals surface area contributed by atoms with Crippen LogP contribution in [0.3, 0.4) is 0 Å². The second-order valence-corrected chi connectivity index (χ2v) is 5.04. The molecule has 2 aromatic rings. The topological polar surface area (TPSA) is 44.5 Å². The number of halogens is 2. The van der Waals surface area contributed by atoms with Crippen LogP contribution < -0.4 is 15.2 Å². The van der Waals surface area contributed by atoms with Crippen LogP contribution >= 0.6 is 11.6 Å². The van der Waals surface area contributed by atoms with E-state index in [4.69, 9.17) is 26.8 Å². The van der Waals surface area contributed by atoms with E-state index in [1.807, 2.05) is 18.2 Å². The molecule has 20 heavy (non-hydrogen) atoms. The predicted molar refractivity (Wildman–Crippen MR) is 74.6 cm³/mol. The summed E-state index contributed by atoms with van der Waals surface area (Å²) in [5, 5.41) is 0.346. The minimum atomic E-state index is -0.510. The number of hydrogen-bond donors (Lipinski definition) is 1. The van der Waals surface area contributed by atoms with E-state index in [0.717, 1.165) is 5.56 Å². The molecule has 0 bridgehead atoms. The second-order valence-electron chi connectivity index (χ2n) is 4.63. The Morgan fingerprint density at radius 1 is 1.20 bits per heavy atom. The van der Waals surface area contributed by atoms with Crippen LogP contribution in [0.25, 0.3) is 0 Å². The van der Waals surface area contributed by atoms with Crippen LogP contribution in [0.2, 0.25) is 5.02 Å². The number of hydrogen-bond acceptors (Lipinski definition) is 3. The zero-order valence-corrected chi connectivity index (χ0v) is 11.4. The molecule has 104 valence electrons. The van der Waals surface area contributed by atoms with Crippen LogP contribution in [0.4, 0.5) is 4.39 Å². The van der Waals surface area contributed by atoms with Crippen LogP contribution in [-0.4, -0.2) is 6.79 Å².